The molecular weight excluding hydrogens is 190 g/mol. The average Bonchev–Trinajstić information content (AvgIpc) is 2.58. The molecule has 1 heterocycles. The number of likely N-dealkylation sites (tertiary alicyclic amines) is 1. The molecule has 2 aliphatic rings. The molecule has 3 N–H and O–H groups in total. The summed E-state index contributed by atoms with van der Waals surface area (Å²) in [6.45, 7) is 0. The van der Waals surface area contributed by atoms with Gasteiger partial charge in [-0.3, -0.25) is 4.90 Å². The van der Waals surface area contributed by atoms with Crippen molar-refractivity contribution in [1.29, 1.82) is 0 Å². The normalized spacial score (nSPS) is 40.2. The topological polar surface area (TPSA) is 98.1 Å². The molecule has 4 atom stereocenters. The number of aliphatic hydroxyl groups excluding tert-OH is 1. The lowest BCUT2D eigenvalue weighted by Gasteiger charge is -2.32. The first-order valence-electron chi connectivity index (χ1n) is 4.44. The Bertz CT molecular complexity index is 291. The third kappa shape index (κ3) is 1.07. The summed E-state index contributed by atoms with van der Waals surface area (Å²) < 4.78 is 0. The smallest absolute Gasteiger partial charge is 0.408 e. The first-order chi connectivity index (χ1) is 6.52. The van der Waals surface area contributed by atoms with E-state index in [1.54, 1.807) is 0 Å². The minimum atomic E-state index is -1.21. The van der Waals surface area contributed by atoms with Gasteiger partial charge in [-0.1, -0.05) is 0 Å². The molecule has 1 aliphatic heterocycles. The van der Waals surface area contributed by atoms with Crippen molar-refractivity contribution in [3.63, 3.8) is 0 Å². The zero-order valence-electron chi connectivity index (χ0n) is 7.33. The van der Waals surface area contributed by atoms with Crippen molar-refractivity contribution in [2.24, 2.45) is 5.92 Å². The minimum absolute atomic E-state index is 0.325. The molecule has 1 amide bonds. The van der Waals surface area contributed by atoms with Crippen molar-refractivity contribution in [3.8, 4) is 0 Å². The van der Waals surface area contributed by atoms with Gasteiger partial charge in [0.1, 0.15) is 6.04 Å². The van der Waals surface area contributed by atoms with Crippen LogP contribution < -0.4 is 0 Å². The Hall–Kier alpha value is -1.30. The number of carboxylic acids is 1. The van der Waals surface area contributed by atoms with Crippen LogP contribution >= 0.6 is 0 Å². The number of rotatable bonds is 1. The van der Waals surface area contributed by atoms with Crippen LogP contribution in [0.25, 0.3) is 0 Å². The van der Waals surface area contributed by atoms with E-state index >= 15 is 0 Å². The number of carbonyl (C=O) groups is 2. The van der Waals surface area contributed by atoms with E-state index in [9.17, 15) is 14.7 Å². The lowest BCUT2D eigenvalue weighted by molar-refractivity contribution is -0.146. The maximum Gasteiger partial charge on any atom is 0.408 e. The second kappa shape index (κ2) is 2.84. The number of piperidine rings is 1. The van der Waals surface area contributed by atoms with E-state index in [4.69, 9.17) is 10.2 Å². The Morgan fingerprint density at radius 2 is 1.86 bits per heavy atom. The third-order valence-electron chi connectivity index (χ3n) is 3.12. The molecular formula is C8H11NO5. The summed E-state index contributed by atoms with van der Waals surface area (Å²) in [6, 6.07) is -1.39. The quantitative estimate of drug-likeness (QED) is 0.535. The van der Waals surface area contributed by atoms with Crippen molar-refractivity contribution in [2.75, 3.05) is 0 Å². The van der Waals surface area contributed by atoms with E-state index in [0.717, 1.165) is 4.90 Å². The van der Waals surface area contributed by atoms with Crippen molar-refractivity contribution >= 4 is 12.1 Å². The molecule has 1 aliphatic carbocycles. The van der Waals surface area contributed by atoms with Crippen LogP contribution in [0.3, 0.4) is 0 Å². The molecule has 2 fully saturated rings. The van der Waals surface area contributed by atoms with Crippen LogP contribution in [0.5, 0.6) is 0 Å². The fraction of sp³-hybridized carbons (Fsp3) is 0.750. The third-order valence-corrected chi connectivity index (χ3v) is 3.12. The second-order valence-electron chi connectivity index (χ2n) is 3.83. The van der Waals surface area contributed by atoms with E-state index in [2.05, 4.69) is 0 Å². The van der Waals surface area contributed by atoms with Gasteiger partial charge in [-0.2, -0.15) is 0 Å². The molecule has 2 bridgehead atoms. The van der Waals surface area contributed by atoms with Crippen molar-refractivity contribution in [3.05, 3.63) is 0 Å². The van der Waals surface area contributed by atoms with Crippen LogP contribution in [-0.4, -0.2) is 50.5 Å². The Morgan fingerprint density at radius 3 is 2.36 bits per heavy atom. The van der Waals surface area contributed by atoms with Crippen molar-refractivity contribution < 1.29 is 24.9 Å². The van der Waals surface area contributed by atoms with Crippen LogP contribution in [0.15, 0.2) is 0 Å². The van der Waals surface area contributed by atoms with Gasteiger partial charge in [0.05, 0.1) is 6.10 Å². The number of nitrogens with zero attached hydrogens (tertiary/aromatic N) is 1. The van der Waals surface area contributed by atoms with Gasteiger partial charge in [-0.15, -0.1) is 0 Å². The van der Waals surface area contributed by atoms with Gasteiger partial charge in [0, 0.05) is 12.0 Å². The highest BCUT2D eigenvalue weighted by molar-refractivity contribution is 5.81. The van der Waals surface area contributed by atoms with Crippen molar-refractivity contribution in [1.82, 2.24) is 4.90 Å². The van der Waals surface area contributed by atoms with Gasteiger partial charge in [0.25, 0.3) is 0 Å². The summed E-state index contributed by atoms with van der Waals surface area (Å²) in [6.07, 6.45) is -1.06. The van der Waals surface area contributed by atoms with E-state index in [1.165, 1.54) is 0 Å². The van der Waals surface area contributed by atoms with E-state index in [0.29, 0.717) is 12.8 Å². The maximum atomic E-state index is 10.8. The van der Waals surface area contributed by atoms with Crippen LogP contribution in [-0.2, 0) is 4.79 Å². The van der Waals surface area contributed by atoms with E-state index < -0.39 is 30.1 Å². The lowest BCUT2D eigenvalue weighted by Crippen LogP contribution is -2.52. The molecule has 0 spiro atoms. The number of hydrogen-bond acceptors (Lipinski definition) is 3. The van der Waals surface area contributed by atoms with Gasteiger partial charge in [0.2, 0.25) is 0 Å². The number of amides is 1. The first-order valence-corrected chi connectivity index (χ1v) is 4.44. The molecule has 0 aromatic heterocycles. The molecule has 0 unspecified atom stereocenters. The predicted octanol–water partition coefficient (Wildman–Crippen LogP) is -0.427. The molecule has 0 aromatic carbocycles. The molecule has 6 nitrogen and oxygen atoms in total. The highest BCUT2D eigenvalue weighted by Crippen LogP contribution is 2.42. The summed E-state index contributed by atoms with van der Waals surface area (Å²) in [7, 11) is 0. The molecule has 0 aromatic rings. The van der Waals surface area contributed by atoms with Gasteiger partial charge in [-0.25, -0.2) is 9.59 Å². The number of fused-ring (bicyclic) bond motifs is 2. The second-order valence-corrected chi connectivity index (χ2v) is 3.83. The fourth-order valence-electron chi connectivity index (χ4n) is 2.60. The first kappa shape index (κ1) is 9.26. The summed E-state index contributed by atoms with van der Waals surface area (Å²) in [4.78, 5) is 22.6. The number of aliphatic hydroxyl groups is 1. The highest BCUT2D eigenvalue weighted by atomic mass is 16.4. The number of carboxylic acid groups (broad SMARTS) is 2. The zero-order valence-corrected chi connectivity index (χ0v) is 7.33. The Morgan fingerprint density at radius 1 is 1.21 bits per heavy atom. The van der Waals surface area contributed by atoms with Gasteiger partial charge in [0.15, 0.2) is 0 Å². The molecule has 2 rings (SSSR count). The van der Waals surface area contributed by atoms with E-state index in [1.807, 2.05) is 0 Å². The number of aliphatic carboxylic acids is 1. The zero-order chi connectivity index (χ0) is 10.5. The van der Waals surface area contributed by atoms with Crippen LogP contribution in [0, 0.1) is 5.92 Å². The summed E-state index contributed by atoms with van der Waals surface area (Å²) >= 11 is 0. The highest BCUT2D eigenvalue weighted by Gasteiger charge is 2.55. The maximum absolute atomic E-state index is 10.8. The summed E-state index contributed by atoms with van der Waals surface area (Å²) in [5, 5.41) is 27.1. The number of hydrogen-bond donors (Lipinski definition) is 3. The summed E-state index contributed by atoms with van der Waals surface area (Å²) in [5.74, 6) is -1.60. The van der Waals surface area contributed by atoms with Gasteiger partial charge in [-0.05, 0) is 12.8 Å². The van der Waals surface area contributed by atoms with Gasteiger partial charge < -0.3 is 15.3 Å². The largest absolute Gasteiger partial charge is 0.480 e. The Balaban J connectivity index is 2.27. The Labute approximate surface area is 79.7 Å². The molecule has 78 valence electrons. The van der Waals surface area contributed by atoms with Crippen LogP contribution in [0.4, 0.5) is 4.79 Å². The molecule has 1 saturated carbocycles. The lowest BCUT2D eigenvalue weighted by atomic mass is 9.96. The van der Waals surface area contributed by atoms with Gasteiger partial charge >= 0.3 is 12.1 Å². The fourth-order valence-corrected chi connectivity index (χ4v) is 2.60. The van der Waals surface area contributed by atoms with Crippen LogP contribution in [0.1, 0.15) is 12.8 Å². The monoisotopic (exact) mass is 201 g/mol. The molecule has 6 heteroatoms. The van der Waals surface area contributed by atoms with Crippen LogP contribution in [0.2, 0.25) is 0 Å². The minimum Gasteiger partial charge on any atom is -0.480 e. The predicted molar refractivity (Wildman–Crippen MR) is 43.8 cm³/mol. The standard InChI is InChI=1S/C8H11NO5/c10-5-2-3-1-4(5)6(7(11)12)9(3)8(13)14/h3-6,10H,1-2H2,(H,11,12)(H,13,14)/t3-,4+,5+,6-/m0/s1. The average molecular weight is 201 g/mol. The molecule has 14 heavy (non-hydrogen) atoms. The summed E-state index contributed by atoms with van der Waals surface area (Å²) in [5.41, 5.74) is 0. The Kier molecular flexibility index (Phi) is 1.88. The SMILES string of the molecule is O=C(O)[C@@H]1[C@@H]2C[C@@H](C[C@H]2O)N1C(=O)O. The van der Waals surface area contributed by atoms with Crippen molar-refractivity contribution in [2.45, 2.75) is 31.0 Å². The van der Waals surface area contributed by atoms with E-state index in [-0.39, 0.29) is 6.04 Å². The molecule has 0 radical (unpaired) electrons. The molecule has 1 saturated heterocycles.